The highest BCUT2D eigenvalue weighted by atomic mass is 31.2. The van der Waals surface area contributed by atoms with Crippen LogP contribution in [-0.2, 0) is 9.26 Å². The third-order valence-corrected chi connectivity index (χ3v) is 1.52. The highest BCUT2D eigenvalue weighted by Gasteiger charge is 2.17. The van der Waals surface area contributed by atoms with E-state index in [9.17, 15) is 0 Å². The fraction of sp³-hybridized carbons (Fsp3) is 1.00. The summed E-state index contributed by atoms with van der Waals surface area (Å²) in [6, 6.07) is 0. The zero-order valence-corrected chi connectivity index (χ0v) is 7.52. The molecular formula is C5H13O6P. The van der Waals surface area contributed by atoms with Gasteiger partial charge in [0, 0.05) is 7.11 Å². The molecule has 4 N–H and O–H groups in total. The van der Waals surface area contributed by atoms with E-state index in [2.05, 4.69) is 9.26 Å². The van der Waals surface area contributed by atoms with Gasteiger partial charge in [-0.15, -0.1) is 0 Å². The number of aliphatic hydroxyl groups is 2. The molecule has 0 spiro atoms. The summed E-state index contributed by atoms with van der Waals surface area (Å²) in [6.45, 7) is -0.359. The summed E-state index contributed by atoms with van der Waals surface area (Å²) in [6.07, 6.45) is -2.25. The standard InChI is InChI=1S/C5H13O6P/c1-10-2-4(6)5(7)3-11-12(8)9/h4-9H,2-3H2,1H3/t4-,5+/m0/s1. The summed E-state index contributed by atoms with van der Waals surface area (Å²) in [5.74, 6) is 0. The molecule has 0 aromatic rings. The van der Waals surface area contributed by atoms with E-state index in [1.807, 2.05) is 0 Å². The maximum absolute atomic E-state index is 9.03. The topological polar surface area (TPSA) is 99.4 Å². The monoisotopic (exact) mass is 200 g/mol. The molecule has 2 atom stereocenters. The second-order valence-corrected chi connectivity index (χ2v) is 2.90. The van der Waals surface area contributed by atoms with Crippen molar-refractivity contribution in [1.29, 1.82) is 0 Å². The van der Waals surface area contributed by atoms with E-state index in [1.165, 1.54) is 7.11 Å². The molecule has 0 radical (unpaired) electrons. The van der Waals surface area contributed by atoms with Gasteiger partial charge in [0.15, 0.2) is 0 Å². The molecule has 0 unspecified atom stereocenters. The Morgan fingerprint density at radius 1 is 1.17 bits per heavy atom. The minimum absolute atomic E-state index is 0.0285. The van der Waals surface area contributed by atoms with E-state index in [0.717, 1.165) is 0 Å². The van der Waals surface area contributed by atoms with Crippen molar-refractivity contribution in [2.45, 2.75) is 12.2 Å². The minimum atomic E-state index is -2.48. The van der Waals surface area contributed by atoms with Crippen LogP contribution in [0.2, 0.25) is 0 Å². The molecule has 0 amide bonds. The van der Waals surface area contributed by atoms with Gasteiger partial charge in [-0.1, -0.05) is 0 Å². The van der Waals surface area contributed by atoms with Crippen molar-refractivity contribution < 1.29 is 29.3 Å². The molecule has 0 heterocycles. The Morgan fingerprint density at radius 2 is 1.67 bits per heavy atom. The summed E-state index contributed by atoms with van der Waals surface area (Å²) in [4.78, 5) is 16.6. The number of hydrogen-bond acceptors (Lipinski definition) is 6. The van der Waals surface area contributed by atoms with E-state index in [4.69, 9.17) is 20.0 Å². The molecule has 7 heteroatoms. The van der Waals surface area contributed by atoms with Gasteiger partial charge in [0.05, 0.1) is 13.2 Å². The smallest absolute Gasteiger partial charge is 0.327 e. The Bertz CT molecular complexity index is 110. The lowest BCUT2D eigenvalue weighted by Crippen LogP contribution is -2.33. The number of aliphatic hydroxyl groups excluding tert-OH is 2. The normalized spacial score (nSPS) is 16.5. The zero-order chi connectivity index (χ0) is 9.56. The largest absolute Gasteiger partial charge is 0.388 e. The van der Waals surface area contributed by atoms with Crippen LogP contribution in [-0.4, -0.2) is 52.5 Å². The lowest BCUT2D eigenvalue weighted by atomic mass is 10.2. The molecule has 74 valence electrons. The minimum Gasteiger partial charge on any atom is -0.388 e. The molecule has 0 saturated carbocycles. The third kappa shape index (κ3) is 5.79. The quantitative estimate of drug-likeness (QED) is 0.393. The first-order chi connectivity index (χ1) is 5.57. The Kier molecular flexibility index (Phi) is 6.78. The summed E-state index contributed by atoms with van der Waals surface area (Å²) in [7, 11) is -1.10. The van der Waals surface area contributed by atoms with Gasteiger partial charge in [0.2, 0.25) is 0 Å². The first kappa shape index (κ1) is 12.2. The number of rotatable bonds is 6. The molecule has 6 nitrogen and oxygen atoms in total. The Labute approximate surface area is 71.4 Å². The van der Waals surface area contributed by atoms with Crippen LogP contribution >= 0.6 is 8.60 Å². The molecule has 0 saturated heterocycles. The van der Waals surface area contributed by atoms with Crippen molar-refractivity contribution in [3.63, 3.8) is 0 Å². The second-order valence-electron chi connectivity index (χ2n) is 2.14. The molecule has 0 fully saturated rings. The summed E-state index contributed by atoms with van der Waals surface area (Å²) in [5, 5.41) is 18.1. The van der Waals surface area contributed by atoms with Crippen molar-refractivity contribution in [3.05, 3.63) is 0 Å². The van der Waals surface area contributed by atoms with Gasteiger partial charge in [0.1, 0.15) is 12.2 Å². The van der Waals surface area contributed by atoms with Crippen molar-refractivity contribution in [3.8, 4) is 0 Å². The van der Waals surface area contributed by atoms with Crippen molar-refractivity contribution >= 4 is 8.60 Å². The van der Waals surface area contributed by atoms with Crippen LogP contribution in [0.5, 0.6) is 0 Å². The molecule has 0 aromatic carbocycles. The molecule has 0 bridgehead atoms. The van der Waals surface area contributed by atoms with Crippen LogP contribution in [0.3, 0.4) is 0 Å². The van der Waals surface area contributed by atoms with Crippen LogP contribution in [0.1, 0.15) is 0 Å². The van der Waals surface area contributed by atoms with Crippen LogP contribution in [0, 0.1) is 0 Å². The fourth-order valence-electron chi connectivity index (χ4n) is 0.536. The van der Waals surface area contributed by atoms with Crippen molar-refractivity contribution in [1.82, 2.24) is 0 Å². The average molecular weight is 200 g/mol. The van der Waals surface area contributed by atoms with Crippen molar-refractivity contribution in [2.24, 2.45) is 0 Å². The summed E-state index contributed by atoms with van der Waals surface area (Å²) in [5.41, 5.74) is 0. The van der Waals surface area contributed by atoms with Gasteiger partial charge in [-0.05, 0) is 0 Å². The maximum atomic E-state index is 9.03. The molecule has 12 heavy (non-hydrogen) atoms. The molecule has 0 rings (SSSR count). The van der Waals surface area contributed by atoms with E-state index in [1.54, 1.807) is 0 Å². The van der Waals surface area contributed by atoms with Crippen molar-refractivity contribution in [2.75, 3.05) is 20.3 Å². The molecule has 0 aromatic heterocycles. The Morgan fingerprint density at radius 3 is 2.08 bits per heavy atom. The highest BCUT2D eigenvalue weighted by Crippen LogP contribution is 2.24. The molecule has 0 aliphatic rings. The fourth-order valence-corrected chi connectivity index (χ4v) is 0.822. The van der Waals surface area contributed by atoms with Crippen LogP contribution < -0.4 is 0 Å². The van der Waals surface area contributed by atoms with Crippen LogP contribution in [0.25, 0.3) is 0 Å². The molecule has 0 aliphatic heterocycles. The van der Waals surface area contributed by atoms with E-state index in [-0.39, 0.29) is 13.2 Å². The highest BCUT2D eigenvalue weighted by molar-refractivity contribution is 7.39. The first-order valence-electron chi connectivity index (χ1n) is 3.23. The van der Waals surface area contributed by atoms with E-state index >= 15 is 0 Å². The van der Waals surface area contributed by atoms with Gasteiger partial charge >= 0.3 is 8.60 Å². The predicted molar refractivity (Wildman–Crippen MR) is 41.2 cm³/mol. The van der Waals surface area contributed by atoms with Crippen LogP contribution in [0.4, 0.5) is 0 Å². The third-order valence-electron chi connectivity index (χ3n) is 1.14. The van der Waals surface area contributed by atoms with E-state index in [0.29, 0.717) is 0 Å². The van der Waals surface area contributed by atoms with Gasteiger partial charge in [-0.2, -0.15) is 0 Å². The predicted octanol–water partition coefficient (Wildman–Crippen LogP) is -1.42. The number of hydrogen-bond donors (Lipinski definition) is 4. The lowest BCUT2D eigenvalue weighted by Gasteiger charge is -2.16. The number of ether oxygens (including phenoxy) is 1. The lowest BCUT2D eigenvalue weighted by molar-refractivity contribution is -0.0447. The zero-order valence-electron chi connectivity index (χ0n) is 6.62. The SMILES string of the molecule is COC[C@H](O)[C@H](O)COP(O)O. The van der Waals surface area contributed by atoms with Crippen LogP contribution in [0.15, 0.2) is 0 Å². The van der Waals surface area contributed by atoms with E-state index < -0.39 is 20.8 Å². The van der Waals surface area contributed by atoms with Gasteiger partial charge in [-0.25, -0.2) is 0 Å². The van der Waals surface area contributed by atoms with Gasteiger partial charge < -0.3 is 29.3 Å². The summed E-state index contributed by atoms with van der Waals surface area (Å²) < 4.78 is 8.83. The summed E-state index contributed by atoms with van der Waals surface area (Å²) >= 11 is 0. The molecule has 0 aliphatic carbocycles. The van der Waals surface area contributed by atoms with Gasteiger partial charge in [0.25, 0.3) is 0 Å². The number of methoxy groups -OCH3 is 1. The molecular weight excluding hydrogens is 187 g/mol. The second kappa shape index (κ2) is 6.68. The Hall–Kier alpha value is 0.190. The van der Waals surface area contributed by atoms with Gasteiger partial charge in [-0.3, -0.25) is 0 Å². The average Bonchev–Trinajstić information content (AvgIpc) is 2.00. The maximum Gasteiger partial charge on any atom is 0.327 e. The first-order valence-corrected chi connectivity index (χ1v) is 4.40. The Balaban J connectivity index is 3.49.